The molecule has 2 aromatic rings. The first-order valence-corrected chi connectivity index (χ1v) is 5.07. The van der Waals surface area contributed by atoms with Crippen LogP contribution in [0.15, 0.2) is 48.8 Å². The second kappa shape index (κ2) is 4.66. The fourth-order valence-electron chi connectivity index (χ4n) is 1.47. The molecule has 3 nitrogen and oxygen atoms in total. The minimum Gasteiger partial charge on any atom is -0.384 e. The van der Waals surface area contributed by atoms with Gasteiger partial charge < -0.3 is 15.6 Å². The van der Waals surface area contributed by atoms with E-state index >= 15 is 0 Å². The predicted molar refractivity (Wildman–Crippen MR) is 63.3 cm³/mol. The third kappa shape index (κ3) is 2.39. The zero-order valence-corrected chi connectivity index (χ0v) is 8.56. The molecule has 78 valence electrons. The topological polar surface area (TPSA) is 43.0 Å². The lowest BCUT2D eigenvalue weighted by molar-refractivity contribution is 1.02. The van der Waals surface area contributed by atoms with Gasteiger partial charge in [-0.25, -0.2) is 0 Å². The van der Waals surface area contributed by atoms with E-state index < -0.39 is 0 Å². The predicted octanol–water partition coefficient (Wildman–Crippen LogP) is 1.85. The third-order valence-corrected chi connectivity index (χ3v) is 2.24. The molecule has 0 bridgehead atoms. The summed E-state index contributed by atoms with van der Waals surface area (Å²) in [5, 5.41) is 3.23. The van der Waals surface area contributed by atoms with Crippen molar-refractivity contribution in [2.45, 2.75) is 0 Å². The van der Waals surface area contributed by atoms with Gasteiger partial charge in [0.15, 0.2) is 0 Å². The molecule has 1 aromatic carbocycles. The number of rotatable bonds is 4. The first-order chi connectivity index (χ1) is 7.40. The van der Waals surface area contributed by atoms with Crippen molar-refractivity contribution in [1.82, 2.24) is 4.57 Å². The summed E-state index contributed by atoms with van der Waals surface area (Å²) in [7, 11) is 0. The fourth-order valence-corrected chi connectivity index (χ4v) is 1.47. The number of aromatic nitrogens is 1. The Kier molecular flexibility index (Phi) is 3.05. The molecule has 3 heteroatoms. The summed E-state index contributed by atoms with van der Waals surface area (Å²) in [4.78, 5) is 0. The summed E-state index contributed by atoms with van der Waals surface area (Å²) in [5.41, 5.74) is 7.69. The lowest BCUT2D eigenvalue weighted by Crippen LogP contribution is -2.12. The second-order valence-corrected chi connectivity index (χ2v) is 3.35. The highest BCUT2D eigenvalue weighted by atomic mass is 14.9. The van der Waals surface area contributed by atoms with E-state index in [1.54, 1.807) is 0 Å². The first-order valence-electron chi connectivity index (χ1n) is 5.07. The van der Waals surface area contributed by atoms with Gasteiger partial charge in [0.2, 0.25) is 0 Å². The number of benzene rings is 1. The molecule has 2 rings (SSSR count). The van der Waals surface area contributed by atoms with Crippen molar-refractivity contribution in [2.24, 2.45) is 5.73 Å². The zero-order chi connectivity index (χ0) is 10.5. The van der Waals surface area contributed by atoms with Crippen molar-refractivity contribution < 1.29 is 0 Å². The lowest BCUT2D eigenvalue weighted by atomic mass is 10.3. The highest BCUT2D eigenvalue weighted by molar-refractivity contribution is 5.48. The van der Waals surface area contributed by atoms with E-state index in [2.05, 4.69) is 34.1 Å². The Balaban J connectivity index is 2.11. The molecule has 0 unspecified atom stereocenters. The van der Waals surface area contributed by atoms with E-state index in [0.717, 1.165) is 12.2 Å². The van der Waals surface area contributed by atoms with Crippen LogP contribution in [0, 0.1) is 0 Å². The molecule has 0 amide bonds. The molecule has 0 aliphatic carbocycles. The number of anilines is 1. The summed E-state index contributed by atoms with van der Waals surface area (Å²) < 4.78 is 2.08. The van der Waals surface area contributed by atoms with Gasteiger partial charge in [-0.15, -0.1) is 0 Å². The molecule has 0 fully saturated rings. The Morgan fingerprint density at radius 2 is 1.73 bits per heavy atom. The summed E-state index contributed by atoms with van der Waals surface area (Å²) >= 11 is 0. The van der Waals surface area contributed by atoms with E-state index in [1.807, 2.05) is 24.5 Å². The van der Waals surface area contributed by atoms with Crippen LogP contribution in [0.3, 0.4) is 0 Å². The van der Waals surface area contributed by atoms with E-state index in [1.165, 1.54) is 5.69 Å². The summed E-state index contributed by atoms with van der Waals surface area (Å²) in [6.45, 7) is 1.46. The van der Waals surface area contributed by atoms with Crippen molar-refractivity contribution in [3.05, 3.63) is 48.8 Å². The van der Waals surface area contributed by atoms with Crippen LogP contribution in [0.2, 0.25) is 0 Å². The van der Waals surface area contributed by atoms with Gasteiger partial charge in [-0.05, 0) is 36.4 Å². The molecule has 0 aliphatic heterocycles. The van der Waals surface area contributed by atoms with Crippen LogP contribution in [-0.2, 0) is 0 Å². The quantitative estimate of drug-likeness (QED) is 0.792. The van der Waals surface area contributed by atoms with Gasteiger partial charge >= 0.3 is 0 Å². The molecule has 1 aromatic heterocycles. The Hall–Kier alpha value is -1.74. The Labute approximate surface area is 89.5 Å². The fraction of sp³-hybridized carbons (Fsp3) is 0.167. The van der Waals surface area contributed by atoms with Crippen LogP contribution < -0.4 is 11.1 Å². The van der Waals surface area contributed by atoms with Crippen molar-refractivity contribution in [3.8, 4) is 5.69 Å². The van der Waals surface area contributed by atoms with Crippen molar-refractivity contribution in [1.29, 1.82) is 0 Å². The van der Waals surface area contributed by atoms with Crippen molar-refractivity contribution >= 4 is 5.69 Å². The molecule has 1 heterocycles. The van der Waals surface area contributed by atoms with Gasteiger partial charge in [0.1, 0.15) is 0 Å². The number of hydrogen-bond donors (Lipinski definition) is 2. The van der Waals surface area contributed by atoms with E-state index in [0.29, 0.717) is 6.54 Å². The third-order valence-electron chi connectivity index (χ3n) is 2.24. The summed E-state index contributed by atoms with van der Waals surface area (Å²) in [6, 6.07) is 12.3. The van der Waals surface area contributed by atoms with Gasteiger partial charge in [-0.3, -0.25) is 0 Å². The summed E-state index contributed by atoms with van der Waals surface area (Å²) in [6.07, 6.45) is 4.06. The Morgan fingerprint density at radius 1 is 1.07 bits per heavy atom. The minimum atomic E-state index is 0.652. The maximum atomic E-state index is 5.42. The monoisotopic (exact) mass is 201 g/mol. The molecular weight excluding hydrogens is 186 g/mol. The van der Waals surface area contributed by atoms with Crippen LogP contribution in [0.25, 0.3) is 5.69 Å². The number of hydrogen-bond acceptors (Lipinski definition) is 2. The Morgan fingerprint density at radius 3 is 2.33 bits per heavy atom. The van der Waals surface area contributed by atoms with E-state index in [4.69, 9.17) is 5.73 Å². The van der Waals surface area contributed by atoms with Gasteiger partial charge in [0.25, 0.3) is 0 Å². The number of nitrogens with zero attached hydrogens (tertiary/aromatic N) is 1. The molecule has 0 radical (unpaired) electrons. The van der Waals surface area contributed by atoms with Gasteiger partial charge in [-0.2, -0.15) is 0 Å². The highest BCUT2D eigenvalue weighted by Crippen LogP contribution is 2.12. The average molecular weight is 201 g/mol. The largest absolute Gasteiger partial charge is 0.384 e. The van der Waals surface area contributed by atoms with Crippen LogP contribution in [0.1, 0.15) is 0 Å². The minimum absolute atomic E-state index is 0.652. The van der Waals surface area contributed by atoms with Gasteiger partial charge in [0, 0.05) is 36.9 Å². The van der Waals surface area contributed by atoms with Crippen molar-refractivity contribution in [2.75, 3.05) is 18.4 Å². The molecule has 0 saturated carbocycles. The average Bonchev–Trinajstić information content (AvgIpc) is 2.80. The first kappa shape index (κ1) is 9.80. The maximum absolute atomic E-state index is 5.42. The molecule has 0 saturated heterocycles. The molecule has 0 aliphatic rings. The zero-order valence-electron chi connectivity index (χ0n) is 8.56. The summed E-state index contributed by atoms with van der Waals surface area (Å²) in [5.74, 6) is 0. The normalized spacial score (nSPS) is 10.2. The lowest BCUT2D eigenvalue weighted by Gasteiger charge is -2.06. The van der Waals surface area contributed by atoms with Crippen LogP contribution >= 0.6 is 0 Å². The smallest absolute Gasteiger partial charge is 0.0450 e. The van der Waals surface area contributed by atoms with Gasteiger partial charge in [0.05, 0.1) is 0 Å². The molecule has 0 spiro atoms. The highest BCUT2D eigenvalue weighted by Gasteiger charge is 1.94. The van der Waals surface area contributed by atoms with Crippen LogP contribution in [0.5, 0.6) is 0 Å². The molecule has 3 N–H and O–H groups in total. The van der Waals surface area contributed by atoms with Gasteiger partial charge in [-0.1, -0.05) is 0 Å². The molecule has 15 heavy (non-hydrogen) atoms. The van der Waals surface area contributed by atoms with Crippen molar-refractivity contribution in [3.63, 3.8) is 0 Å². The van der Waals surface area contributed by atoms with Crippen LogP contribution in [0.4, 0.5) is 5.69 Å². The standard InChI is InChI=1S/C12H15N3/c13-7-8-14-11-3-5-12(6-4-11)15-9-1-2-10-15/h1-6,9-10,14H,7-8,13H2. The molecular formula is C12H15N3. The SMILES string of the molecule is NCCNc1ccc(-n2cccc2)cc1. The second-order valence-electron chi connectivity index (χ2n) is 3.35. The Bertz CT molecular complexity index is 389. The van der Waals surface area contributed by atoms with E-state index in [-0.39, 0.29) is 0 Å². The van der Waals surface area contributed by atoms with Crippen LogP contribution in [-0.4, -0.2) is 17.7 Å². The van der Waals surface area contributed by atoms with E-state index in [9.17, 15) is 0 Å². The number of nitrogens with one attached hydrogen (secondary N) is 1. The molecule has 0 atom stereocenters. The number of nitrogens with two attached hydrogens (primary N) is 1. The maximum Gasteiger partial charge on any atom is 0.0450 e.